The van der Waals surface area contributed by atoms with E-state index in [1.165, 1.54) is 0 Å². The second kappa shape index (κ2) is 5.64. The number of unbranched alkanes of at least 4 members (excludes halogenated alkanes) is 1. The SMILES string of the molecule is CCCCNc1ncc2nnn(-c3ccccc3)c2n1. The first-order chi connectivity index (χ1) is 9.88. The maximum atomic E-state index is 4.50. The fourth-order valence-electron chi connectivity index (χ4n) is 1.93. The quantitative estimate of drug-likeness (QED) is 0.720. The molecule has 0 spiro atoms. The predicted molar refractivity (Wildman–Crippen MR) is 77.9 cm³/mol. The highest BCUT2D eigenvalue weighted by atomic mass is 15.4. The van der Waals surface area contributed by atoms with Gasteiger partial charge in [0.25, 0.3) is 0 Å². The van der Waals surface area contributed by atoms with Crippen LogP contribution in [-0.2, 0) is 0 Å². The Hall–Kier alpha value is -2.50. The maximum absolute atomic E-state index is 4.50. The predicted octanol–water partition coefficient (Wildman–Crippen LogP) is 2.42. The fraction of sp³-hybridized carbons (Fsp3) is 0.286. The van der Waals surface area contributed by atoms with E-state index in [-0.39, 0.29) is 0 Å². The van der Waals surface area contributed by atoms with Crippen LogP contribution in [0.25, 0.3) is 16.9 Å². The molecule has 2 aromatic heterocycles. The Morgan fingerprint density at radius 1 is 1.20 bits per heavy atom. The Bertz CT molecular complexity index is 691. The van der Waals surface area contributed by atoms with Gasteiger partial charge in [-0.3, -0.25) is 0 Å². The van der Waals surface area contributed by atoms with Crippen molar-refractivity contribution in [3.05, 3.63) is 36.5 Å². The fourth-order valence-corrected chi connectivity index (χ4v) is 1.93. The molecule has 20 heavy (non-hydrogen) atoms. The molecule has 6 heteroatoms. The molecule has 0 bridgehead atoms. The van der Waals surface area contributed by atoms with Gasteiger partial charge < -0.3 is 5.32 Å². The number of benzene rings is 1. The highest BCUT2D eigenvalue weighted by Gasteiger charge is 2.09. The lowest BCUT2D eigenvalue weighted by atomic mass is 10.3. The van der Waals surface area contributed by atoms with Crippen molar-refractivity contribution in [3.63, 3.8) is 0 Å². The zero-order valence-electron chi connectivity index (χ0n) is 11.3. The molecule has 3 rings (SSSR count). The van der Waals surface area contributed by atoms with Crippen LogP contribution in [0.1, 0.15) is 19.8 Å². The van der Waals surface area contributed by atoms with E-state index in [4.69, 9.17) is 0 Å². The lowest BCUT2D eigenvalue weighted by Gasteiger charge is -2.04. The first-order valence-corrected chi connectivity index (χ1v) is 6.76. The van der Waals surface area contributed by atoms with Gasteiger partial charge in [0, 0.05) is 6.54 Å². The molecule has 0 unspecified atom stereocenters. The molecule has 0 atom stereocenters. The van der Waals surface area contributed by atoms with Crippen LogP contribution < -0.4 is 5.32 Å². The molecule has 0 fully saturated rings. The van der Waals surface area contributed by atoms with Crippen molar-refractivity contribution < 1.29 is 0 Å². The zero-order valence-corrected chi connectivity index (χ0v) is 11.3. The number of nitrogens with one attached hydrogen (secondary N) is 1. The molecule has 0 saturated heterocycles. The maximum Gasteiger partial charge on any atom is 0.224 e. The summed E-state index contributed by atoms with van der Waals surface area (Å²) >= 11 is 0. The minimum Gasteiger partial charge on any atom is -0.354 e. The van der Waals surface area contributed by atoms with Gasteiger partial charge >= 0.3 is 0 Å². The zero-order chi connectivity index (χ0) is 13.8. The topological polar surface area (TPSA) is 68.5 Å². The number of para-hydroxylation sites is 1. The second-order valence-corrected chi connectivity index (χ2v) is 4.52. The van der Waals surface area contributed by atoms with Crippen LogP contribution >= 0.6 is 0 Å². The van der Waals surface area contributed by atoms with E-state index in [2.05, 4.69) is 32.5 Å². The highest BCUT2D eigenvalue weighted by Crippen LogP contribution is 2.14. The van der Waals surface area contributed by atoms with Crippen molar-refractivity contribution in [2.24, 2.45) is 0 Å². The van der Waals surface area contributed by atoms with E-state index >= 15 is 0 Å². The molecular weight excluding hydrogens is 252 g/mol. The molecule has 102 valence electrons. The van der Waals surface area contributed by atoms with Crippen molar-refractivity contribution in [3.8, 4) is 5.69 Å². The summed E-state index contributed by atoms with van der Waals surface area (Å²) in [4.78, 5) is 8.75. The third kappa shape index (κ3) is 2.45. The summed E-state index contributed by atoms with van der Waals surface area (Å²) in [5.74, 6) is 0.616. The van der Waals surface area contributed by atoms with Crippen molar-refractivity contribution in [1.29, 1.82) is 0 Å². The third-order valence-corrected chi connectivity index (χ3v) is 3.01. The van der Waals surface area contributed by atoms with Crippen molar-refractivity contribution >= 4 is 17.1 Å². The molecule has 0 aliphatic rings. The largest absolute Gasteiger partial charge is 0.354 e. The average Bonchev–Trinajstić information content (AvgIpc) is 2.91. The number of hydrogen-bond donors (Lipinski definition) is 1. The molecule has 2 heterocycles. The molecule has 3 aromatic rings. The Labute approximate surface area is 116 Å². The van der Waals surface area contributed by atoms with Gasteiger partial charge in [0.1, 0.15) is 0 Å². The van der Waals surface area contributed by atoms with Gasteiger partial charge in [-0.1, -0.05) is 36.8 Å². The van der Waals surface area contributed by atoms with Crippen LogP contribution in [-0.4, -0.2) is 31.5 Å². The van der Waals surface area contributed by atoms with Crippen LogP contribution in [0, 0.1) is 0 Å². The number of hydrogen-bond acceptors (Lipinski definition) is 5. The van der Waals surface area contributed by atoms with Crippen molar-refractivity contribution in [1.82, 2.24) is 25.0 Å². The number of anilines is 1. The van der Waals surface area contributed by atoms with E-state index in [1.54, 1.807) is 10.9 Å². The number of fused-ring (bicyclic) bond motifs is 1. The smallest absolute Gasteiger partial charge is 0.224 e. The summed E-state index contributed by atoms with van der Waals surface area (Å²) in [7, 11) is 0. The molecule has 1 N–H and O–H groups in total. The average molecular weight is 268 g/mol. The molecule has 0 radical (unpaired) electrons. The van der Waals surface area contributed by atoms with Gasteiger partial charge in [0.05, 0.1) is 11.9 Å². The Kier molecular flexibility index (Phi) is 3.54. The Morgan fingerprint density at radius 3 is 2.85 bits per heavy atom. The third-order valence-electron chi connectivity index (χ3n) is 3.01. The molecule has 0 amide bonds. The first-order valence-electron chi connectivity index (χ1n) is 6.76. The van der Waals surface area contributed by atoms with Crippen LogP contribution in [0.15, 0.2) is 36.5 Å². The van der Waals surface area contributed by atoms with Gasteiger partial charge in [0.15, 0.2) is 11.2 Å². The second-order valence-electron chi connectivity index (χ2n) is 4.52. The van der Waals surface area contributed by atoms with Gasteiger partial charge in [-0.05, 0) is 18.6 Å². The first kappa shape index (κ1) is 12.5. The van der Waals surface area contributed by atoms with E-state index in [9.17, 15) is 0 Å². The standard InChI is InChI=1S/C14H16N6/c1-2-3-9-15-14-16-10-12-13(17-14)20(19-18-12)11-7-5-4-6-8-11/h4-8,10H,2-3,9H2,1H3,(H,15,16,17). The minimum absolute atomic E-state index is 0.616. The lowest BCUT2D eigenvalue weighted by molar-refractivity contribution is 0.813. The minimum atomic E-state index is 0.616. The van der Waals surface area contributed by atoms with Gasteiger partial charge in [-0.2, -0.15) is 9.67 Å². The highest BCUT2D eigenvalue weighted by molar-refractivity contribution is 5.71. The molecular formula is C14H16N6. The van der Waals surface area contributed by atoms with Crippen LogP contribution in [0.5, 0.6) is 0 Å². The van der Waals surface area contributed by atoms with E-state index < -0.39 is 0 Å². The molecule has 0 aliphatic carbocycles. The van der Waals surface area contributed by atoms with E-state index in [0.29, 0.717) is 17.1 Å². The molecule has 0 aliphatic heterocycles. The molecule has 0 saturated carbocycles. The van der Waals surface area contributed by atoms with E-state index in [1.807, 2.05) is 30.3 Å². The van der Waals surface area contributed by atoms with Gasteiger partial charge in [-0.25, -0.2) is 4.98 Å². The van der Waals surface area contributed by atoms with Crippen molar-refractivity contribution in [2.75, 3.05) is 11.9 Å². The molecule has 6 nitrogen and oxygen atoms in total. The normalized spacial score (nSPS) is 10.8. The Morgan fingerprint density at radius 2 is 2.05 bits per heavy atom. The summed E-state index contributed by atoms with van der Waals surface area (Å²) in [5.41, 5.74) is 2.34. The number of aromatic nitrogens is 5. The van der Waals surface area contributed by atoms with Crippen LogP contribution in [0.3, 0.4) is 0 Å². The summed E-state index contributed by atoms with van der Waals surface area (Å²) in [6, 6.07) is 9.84. The van der Waals surface area contributed by atoms with Gasteiger partial charge in [-0.15, -0.1) is 5.10 Å². The van der Waals surface area contributed by atoms with Crippen LogP contribution in [0.2, 0.25) is 0 Å². The summed E-state index contributed by atoms with van der Waals surface area (Å²) in [6.45, 7) is 3.02. The van der Waals surface area contributed by atoms with Crippen molar-refractivity contribution in [2.45, 2.75) is 19.8 Å². The summed E-state index contributed by atoms with van der Waals surface area (Å²) in [6.07, 6.45) is 3.93. The number of rotatable bonds is 5. The lowest BCUT2D eigenvalue weighted by Crippen LogP contribution is -2.06. The van der Waals surface area contributed by atoms with Crippen LogP contribution in [0.4, 0.5) is 5.95 Å². The van der Waals surface area contributed by atoms with Gasteiger partial charge in [0.2, 0.25) is 5.95 Å². The number of nitrogens with zero attached hydrogens (tertiary/aromatic N) is 5. The van der Waals surface area contributed by atoms with E-state index in [0.717, 1.165) is 25.1 Å². The monoisotopic (exact) mass is 268 g/mol. The molecule has 1 aromatic carbocycles. The summed E-state index contributed by atoms with van der Waals surface area (Å²) in [5, 5.41) is 11.4. The Balaban J connectivity index is 1.96. The summed E-state index contributed by atoms with van der Waals surface area (Å²) < 4.78 is 1.72.